The molecule has 0 fully saturated rings. The number of anilines is 2. The lowest BCUT2D eigenvalue weighted by Gasteiger charge is -2.10. The first kappa shape index (κ1) is 20.1. The van der Waals surface area contributed by atoms with Crippen LogP contribution in [0.1, 0.15) is 10.4 Å². The van der Waals surface area contributed by atoms with Gasteiger partial charge in [-0.05, 0) is 54.8 Å². The van der Waals surface area contributed by atoms with E-state index in [4.69, 9.17) is 11.6 Å². The standard InChI is InChI=1S/C18H15ClN4O3S2/c1-27-13-5-8-16(19)15(11-13)17(24)22-12-3-6-14(7-4-12)28(25,26)23-18-20-9-2-10-21-18/h2-11H,1H3,(H,22,24)(H,20,21,23). The van der Waals surface area contributed by atoms with Gasteiger partial charge in [0.25, 0.3) is 15.9 Å². The fourth-order valence-corrected chi connectivity index (χ4v) is 3.85. The third-order valence-corrected chi connectivity index (χ3v) is 6.03. The van der Waals surface area contributed by atoms with Gasteiger partial charge >= 0.3 is 0 Å². The van der Waals surface area contributed by atoms with Crippen LogP contribution in [-0.4, -0.2) is 30.5 Å². The van der Waals surface area contributed by atoms with Crippen molar-refractivity contribution in [1.29, 1.82) is 0 Å². The van der Waals surface area contributed by atoms with Gasteiger partial charge < -0.3 is 5.32 Å². The summed E-state index contributed by atoms with van der Waals surface area (Å²) in [6.45, 7) is 0. The molecule has 3 aromatic rings. The highest BCUT2D eigenvalue weighted by Gasteiger charge is 2.16. The van der Waals surface area contributed by atoms with Crippen molar-refractivity contribution < 1.29 is 13.2 Å². The van der Waals surface area contributed by atoms with E-state index in [1.54, 1.807) is 18.2 Å². The minimum atomic E-state index is -3.84. The van der Waals surface area contributed by atoms with Gasteiger partial charge in [0.2, 0.25) is 5.95 Å². The van der Waals surface area contributed by atoms with Gasteiger partial charge in [0.1, 0.15) is 0 Å². The molecular weight excluding hydrogens is 420 g/mol. The average Bonchev–Trinajstić information content (AvgIpc) is 2.69. The number of nitrogens with zero attached hydrogens (tertiary/aromatic N) is 2. The molecule has 10 heteroatoms. The summed E-state index contributed by atoms with van der Waals surface area (Å²) in [6, 6.07) is 12.5. The maximum atomic E-state index is 12.5. The van der Waals surface area contributed by atoms with Gasteiger partial charge in [-0.2, -0.15) is 0 Å². The number of benzene rings is 2. The molecule has 1 amide bonds. The highest BCUT2D eigenvalue weighted by atomic mass is 35.5. The highest BCUT2D eigenvalue weighted by Crippen LogP contribution is 2.24. The predicted molar refractivity (Wildman–Crippen MR) is 110 cm³/mol. The number of rotatable bonds is 6. The summed E-state index contributed by atoms with van der Waals surface area (Å²) >= 11 is 7.61. The number of sulfonamides is 1. The Kier molecular flexibility index (Phi) is 6.18. The topological polar surface area (TPSA) is 101 Å². The number of hydrogen-bond acceptors (Lipinski definition) is 6. The molecule has 0 radical (unpaired) electrons. The SMILES string of the molecule is CSc1ccc(Cl)c(C(=O)Nc2ccc(S(=O)(=O)Nc3ncccn3)cc2)c1. The van der Waals surface area contributed by atoms with Crippen LogP contribution in [0.3, 0.4) is 0 Å². The summed E-state index contributed by atoms with van der Waals surface area (Å²) in [5.74, 6) is -0.407. The Morgan fingerprint density at radius 3 is 2.39 bits per heavy atom. The molecule has 1 aromatic heterocycles. The number of halogens is 1. The van der Waals surface area contributed by atoms with E-state index in [0.29, 0.717) is 16.3 Å². The molecular formula is C18H15ClN4O3S2. The number of aromatic nitrogens is 2. The molecule has 0 spiro atoms. The molecule has 0 saturated heterocycles. The van der Waals surface area contributed by atoms with Crippen molar-refractivity contribution in [2.24, 2.45) is 0 Å². The molecule has 0 aliphatic rings. The quantitative estimate of drug-likeness (QED) is 0.570. The van der Waals surface area contributed by atoms with Crippen molar-refractivity contribution in [3.8, 4) is 0 Å². The number of nitrogens with one attached hydrogen (secondary N) is 2. The second-order valence-corrected chi connectivity index (χ2v) is 8.47. The Balaban J connectivity index is 1.75. The third-order valence-electron chi connectivity index (χ3n) is 3.63. The molecule has 2 aromatic carbocycles. The first-order valence-corrected chi connectivity index (χ1v) is 11.0. The molecule has 28 heavy (non-hydrogen) atoms. The summed E-state index contributed by atoms with van der Waals surface area (Å²) < 4.78 is 27.0. The highest BCUT2D eigenvalue weighted by molar-refractivity contribution is 7.98. The second-order valence-electron chi connectivity index (χ2n) is 5.50. The zero-order chi connectivity index (χ0) is 20.1. The normalized spacial score (nSPS) is 11.1. The summed E-state index contributed by atoms with van der Waals surface area (Å²) in [5.41, 5.74) is 0.777. The second kappa shape index (κ2) is 8.59. The van der Waals surface area contributed by atoms with Gasteiger partial charge in [-0.25, -0.2) is 23.1 Å². The first-order chi connectivity index (χ1) is 13.4. The monoisotopic (exact) mass is 434 g/mol. The van der Waals surface area contributed by atoms with E-state index < -0.39 is 10.0 Å². The van der Waals surface area contributed by atoms with Gasteiger partial charge in [0.15, 0.2) is 0 Å². The van der Waals surface area contributed by atoms with Crippen LogP contribution in [-0.2, 0) is 10.0 Å². The largest absolute Gasteiger partial charge is 0.322 e. The van der Waals surface area contributed by atoms with Crippen LogP contribution in [0.15, 0.2) is 70.7 Å². The lowest BCUT2D eigenvalue weighted by Crippen LogP contribution is -2.15. The lowest BCUT2D eigenvalue weighted by atomic mass is 10.2. The Hall–Kier alpha value is -2.62. The van der Waals surface area contributed by atoms with E-state index in [0.717, 1.165) is 4.90 Å². The van der Waals surface area contributed by atoms with Gasteiger partial charge in [0, 0.05) is 23.0 Å². The Morgan fingerprint density at radius 1 is 1.07 bits per heavy atom. The fourth-order valence-electron chi connectivity index (χ4n) is 2.25. The maximum absolute atomic E-state index is 12.5. The van der Waals surface area contributed by atoms with E-state index in [2.05, 4.69) is 20.0 Å². The molecule has 0 aliphatic carbocycles. The molecule has 0 bridgehead atoms. The van der Waals surface area contributed by atoms with Crippen molar-refractivity contribution in [3.05, 3.63) is 71.5 Å². The van der Waals surface area contributed by atoms with Gasteiger partial charge in [-0.1, -0.05) is 11.6 Å². The van der Waals surface area contributed by atoms with Gasteiger partial charge in [0.05, 0.1) is 15.5 Å². The summed E-state index contributed by atoms with van der Waals surface area (Å²) in [7, 11) is -3.84. The molecule has 7 nitrogen and oxygen atoms in total. The minimum Gasteiger partial charge on any atom is -0.322 e. The number of amides is 1. The number of thioether (sulfide) groups is 1. The number of carbonyl (C=O) groups excluding carboxylic acids is 1. The Bertz CT molecular complexity index is 1090. The molecule has 1 heterocycles. The number of carbonyl (C=O) groups is 1. The van der Waals surface area contributed by atoms with Crippen LogP contribution in [0, 0.1) is 0 Å². The van der Waals surface area contributed by atoms with Crippen LogP contribution in [0.2, 0.25) is 5.02 Å². The fraction of sp³-hybridized carbons (Fsp3) is 0.0556. The molecule has 3 rings (SSSR count). The van der Waals surface area contributed by atoms with Crippen LogP contribution in [0.4, 0.5) is 11.6 Å². The summed E-state index contributed by atoms with van der Waals surface area (Å²) in [4.78, 5) is 21.1. The van der Waals surface area contributed by atoms with Crippen molar-refractivity contribution in [2.45, 2.75) is 9.79 Å². The van der Waals surface area contributed by atoms with Crippen LogP contribution in [0.5, 0.6) is 0 Å². The first-order valence-electron chi connectivity index (χ1n) is 7.94. The minimum absolute atomic E-state index is 0.0142. The van der Waals surface area contributed by atoms with E-state index in [9.17, 15) is 13.2 Å². The van der Waals surface area contributed by atoms with Gasteiger partial charge in [-0.15, -0.1) is 11.8 Å². The lowest BCUT2D eigenvalue weighted by molar-refractivity contribution is 0.102. The molecule has 0 unspecified atom stereocenters. The molecule has 0 atom stereocenters. The van der Waals surface area contributed by atoms with Crippen LogP contribution < -0.4 is 10.0 Å². The van der Waals surface area contributed by atoms with Crippen molar-refractivity contribution >= 4 is 50.9 Å². The molecule has 144 valence electrons. The zero-order valence-corrected chi connectivity index (χ0v) is 17.0. The molecule has 2 N–H and O–H groups in total. The van der Waals surface area contributed by atoms with E-state index >= 15 is 0 Å². The van der Waals surface area contributed by atoms with Crippen molar-refractivity contribution in [2.75, 3.05) is 16.3 Å². The summed E-state index contributed by atoms with van der Waals surface area (Å²) in [5, 5.41) is 3.04. The van der Waals surface area contributed by atoms with Crippen LogP contribution >= 0.6 is 23.4 Å². The summed E-state index contributed by atoms with van der Waals surface area (Å²) in [6.07, 6.45) is 4.76. The average molecular weight is 435 g/mol. The molecule has 0 aliphatic heterocycles. The third kappa shape index (κ3) is 4.80. The Morgan fingerprint density at radius 2 is 1.75 bits per heavy atom. The number of hydrogen-bond donors (Lipinski definition) is 2. The smallest absolute Gasteiger partial charge is 0.264 e. The maximum Gasteiger partial charge on any atom is 0.264 e. The van der Waals surface area contributed by atoms with E-state index in [1.165, 1.54) is 48.4 Å². The van der Waals surface area contributed by atoms with Crippen LogP contribution in [0.25, 0.3) is 0 Å². The van der Waals surface area contributed by atoms with Crippen molar-refractivity contribution in [1.82, 2.24) is 9.97 Å². The zero-order valence-electron chi connectivity index (χ0n) is 14.6. The predicted octanol–water partition coefficient (Wildman–Crippen LogP) is 3.91. The van der Waals surface area contributed by atoms with Gasteiger partial charge in [-0.3, -0.25) is 4.79 Å². The van der Waals surface area contributed by atoms with E-state index in [-0.39, 0.29) is 16.8 Å². The Labute approximate surface area is 171 Å². The van der Waals surface area contributed by atoms with Crippen molar-refractivity contribution in [3.63, 3.8) is 0 Å². The molecule has 0 saturated carbocycles. The van der Waals surface area contributed by atoms with E-state index in [1.807, 2.05) is 12.3 Å².